The molecule has 0 aliphatic carbocycles. The summed E-state index contributed by atoms with van der Waals surface area (Å²) in [5.74, 6) is 1.48. The smallest absolute Gasteiger partial charge is 0.262 e. The number of rotatable bonds is 5. The molecule has 1 aromatic carbocycles. The van der Waals surface area contributed by atoms with Gasteiger partial charge < -0.3 is 10.1 Å². The lowest BCUT2D eigenvalue weighted by molar-refractivity contribution is -0.118. The monoisotopic (exact) mass is 333 g/mol. The van der Waals surface area contributed by atoms with Crippen LogP contribution in [0.15, 0.2) is 55.0 Å². The maximum Gasteiger partial charge on any atom is 0.262 e. The van der Waals surface area contributed by atoms with Crippen molar-refractivity contribution in [1.29, 1.82) is 5.26 Å². The predicted octanol–water partition coefficient (Wildman–Crippen LogP) is 2.46. The van der Waals surface area contributed by atoms with Gasteiger partial charge in [-0.2, -0.15) is 5.26 Å². The predicted molar refractivity (Wildman–Crippen MR) is 91.4 cm³/mol. The molecule has 0 spiro atoms. The minimum atomic E-state index is -0.325. The molecule has 0 radical (unpaired) electrons. The Hall–Kier alpha value is -3.66. The Kier molecular flexibility index (Phi) is 4.72. The number of hydrogen-bond acceptors (Lipinski definition) is 5. The number of anilines is 1. The van der Waals surface area contributed by atoms with Crippen molar-refractivity contribution >= 4 is 11.6 Å². The van der Waals surface area contributed by atoms with Gasteiger partial charge in [-0.05, 0) is 37.3 Å². The van der Waals surface area contributed by atoms with E-state index in [-0.39, 0.29) is 12.5 Å². The van der Waals surface area contributed by atoms with Crippen molar-refractivity contribution in [3.63, 3.8) is 0 Å². The van der Waals surface area contributed by atoms with Crippen LogP contribution in [-0.4, -0.2) is 27.0 Å². The van der Waals surface area contributed by atoms with Crippen LogP contribution in [0.25, 0.3) is 5.82 Å². The molecular weight excluding hydrogens is 318 g/mol. The SMILES string of the molecule is Cc1nccn1-c1ncccc1NC(=O)COc1cccc(C#N)c1. The molecule has 1 amide bonds. The summed E-state index contributed by atoms with van der Waals surface area (Å²) < 4.78 is 7.22. The molecule has 3 rings (SSSR count). The fourth-order valence-electron chi connectivity index (χ4n) is 2.28. The van der Waals surface area contributed by atoms with Crippen LogP contribution in [0.3, 0.4) is 0 Å². The zero-order valence-electron chi connectivity index (χ0n) is 13.5. The van der Waals surface area contributed by atoms with Gasteiger partial charge >= 0.3 is 0 Å². The molecule has 0 aliphatic heterocycles. The fraction of sp³-hybridized carbons (Fsp3) is 0.111. The van der Waals surface area contributed by atoms with Crippen LogP contribution in [0.5, 0.6) is 5.75 Å². The molecule has 0 unspecified atom stereocenters. The molecule has 0 fully saturated rings. The quantitative estimate of drug-likeness (QED) is 0.774. The van der Waals surface area contributed by atoms with Gasteiger partial charge in [-0.3, -0.25) is 9.36 Å². The van der Waals surface area contributed by atoms with Crippen LogP contribution in [0.1, 0.15) is 11.4 Å². The van der Waals surface area contributed by atoms with Crippen molar-refractivity contribution in [2.75, 3.05) is 11.9 Å². The molecule has 0 saturated carbocycles. The molecule has 2 heterocycles. The maximum absolute atomic E-state index is 12.2. The van der Waals surface area contributed by atoms with Crippen molar-refractivity contribution < 1.29 is 9.53 Å². The van der Waals surface area contributed by atoms with Gasteiger partial charge in [0.1, 0.15) is 11.6 Å². The highest BCUT2D eigenvalue weighted by Gasteiger charge is 2.11. The van der Waals surface area contributed by atoms with Crippen LogP contribution >= 0.6 is 0 Å². The average molecular weight is 333 g/mol. The van der Waals surface area contributed by atoms with Crippen LogP contribution in [0.4, 0.5) is 5.69 Å². The van der Waals surface area contributed by atoms with E-state index in [1.807, 2.05) is 13.0 Å². The van der Waals surface area contributed by atoms with E-state index in [1.54, 1.807) is 59.6 Å². The van der Waals surface area contributed by atoms with E-state index in [0.717, 1.165) is 5.82 Å². The maximum atomic E-state index is 12.2. The Morgan fingerprint density at radius 1 is 1.28 bits per heavy atom. The van der Waals surface area contributed by atoms with Crippen LogP contribution < -0.4 is 10.1 Å². The normalized spacial score (nSPS) is 10.1. The largest absolute Gasteiger partial charge is 0.484 e. The lowest BCUT2D eigenvalue weighted by atomic mass is 10.2. The van der Waals surface area contributed by atoms with Crippen molar-refractivity contribution in [2.45, 2.75) is 6.92 Å². The molecule has 3 aromatic rings. The third-order valence-corrected chi connectivity index (χ3v) is 3.45. The minimum absolute atomic E-state index is 0.174. The van der Waals surface area contributed by atoms with Crippen molar-refractivity contribution in [3.05, 3.63) is 66.4 Å². The van der Waals surface area contributed by atoms with Crippen LogP contribution in [0.2, 0.25) is 0 Å². The standard InChI is InChI=1S/C18H15N5O2/c1-13-20-8-9-23(13)18-16(6-3-7-21-18)22-17(24)12-25-15-5-2-4-14(10-15)11-19/h2-10H,12H2,1H3,(H,22,24). The molecule has 1 N–H and O–H groups in total. The van der Waals surface area contributed by atoms with Crippen LogP contribution in [0, 0.1) is 18.3 Å². The van der Waals surface area contributed by atoms with Gasteiger partial charge in [0.05, 0.1) is 17.3 Å². The first kappa shape index (κ1) is 16.2. The molecule has 7 heteroatoms. The van der Waals surface area contributed by atoms with E-state index < -0.39 is 0 Å². The second-order valence-corrected chi connectivity index (χ2v) is 5.20. The Labute approximate surface area is 144 Å². The highest BCUT2D eigenvalue weighted by molar-refractivity contribution is 5.93. The number of ether oxygens (including phenoxy) is 1. The van der Waals surface area contributed by atoms with Crippen LogP contribution in [-0.2, 0) is 4.79 Å². The number of carbonyl (C=O) groups excluding carboxylic acids is 1. The van der Waals surface area contributed by atoms with E-state index in [0.29, 0.717) is 22.8 Å². The molecular formula is C18H15N5O2. The number of imidazole rings is 1. The molecule has 124 valence electrons. The number of nitrogens with zero attached hydrogens (tertiary/aromatic N) is 4. The van der Waals surface area contributed by atoms with Gasteiger partial charge in [-0.15, -0.1) is 0 Å². The summed E-state index contributed by atoms with van der Waals surface area (Å²) in [6.07, 6.45) is 5.09. The van der Waals surface area contributed by atoms with E-state index in [9.17, 15) is 4.79 Å². The minimum Gasteiger partial charge on any atom is -0.484 e. The number of aryl methyl sites for hydroxylation is 1. The summed E-state index contributed by atoms with van der Waals surface area (Å²) in [5, 5.41) is 11.7. The average Bonchev–Trinajstić information content (AvgIpc) is 3.06. The lowest BCUT2D eigenvalue weighted by Gasteiger charge is -2.12. The van der Waals surface area contributed by atoms with Gasteiger partial charge in [0, 0.05) is 18.6 Å². The van der Waals surface area contributed by atoms with Gasteiger partial charge in [0.2, 0.25) is 0 Å². The number of carbonyl (C=O) groups is 1. The first-order valence-corrected chi connectivity index (χ1v) is 7.55. The summed E-state index contributed by atoms with van der Waals surface area (Å²) in [6, 6.07) is 12.2. The third kappa shape index (κ3) is 3.82. The number of hydrogen-bond donors (Lipinski definition) is 1. The number of pyridine rings is 1. The van der Waals surface area contributed by atoms with Gasteiger partial charge in [-0.1, -0.05) is 6.07 Å². The van der Waals surface area contributed by atoms with Gasteiger partial charge in [0.25, 0.3) is 5.91 Å². The third-order valence-electron chi connectivity index (χ3n) is 3.45. The zero-order valence-corrected chi connectivity index (χ0v) is 13.5. The Bertz CT molecular complexity index is 942. The summed E-state index contributed by atoms with van der Waals surface area (Å²) in [5.41, 5.74) is 1.03. The molecule has 0 saturated heterocycles. The summed E-state index contributed by atoms with van der Waals surface area (Å²) in [7, 11) is 0. The summed E-state index contributed by atoms with van der Waals surface area (Å²) in [6.45, 7) is 1.68. The first-order valence-electron chi connectivity index (χ1n) is 7.55. The second-order valence-electron chi connectivity index (χ2n) is 5.20. The molecule has 25 heavy (non-hydrogen) atoms. The molecule has 2 aromatic heterocycles. The topological polar surface area (TPSA) is 92.8 Å². The number of nitrogens with one attached hydrogen (secondary N) is 1. The highest BCUT2D eigenvalue weighted by atomic mass is 16.5. The van der Waals surface area contributed by atoms with Gasteiger partial charge in [-0.25, -0.2) is 9.97 Å². The van der Waals surface area contributed by atoms with E-state index >= 15 is 0 Å². The Morgan fingerprint density at radius 3 is 2.92 bits per heavy atom. The summed E-state index contributed by atoms with van der Waals surface area (Å²) in [4.78, 5) is 20.7. The highest BCUT2D eigenvalue weighted by Crippen LogP contribution is 2.18. The molecule has 7 nitrogen and oxygen atoms in total. The Balaban J connectivity index is 1.70. The number of aromatic nitrogens is 3. The van der Waals surface area contributed by atoms with E-state index in [4.69, 9.17) is 10.00 Å². The number of nitriles is 1. The second kappa shape index (κ2) is 7.27. The van der Waals surface area contributed by atoms with E-state index in [1.165, 1.54) is 0 Å². The van der Waals surface area contributed by atoms with Crippen molar-refractivity contribution in [1.82, 2.24) is 14.5 Å². The zero-order chi connectivity index (χ0) is 17.6. The van der Waals surface area contributed by atoms with Gasteiger partial charge in [0.15, 0.2) is 12.4 Å². The Morgan fingerprint density at radius 2 is 2.16 bits per heavy atom. The van der Waals surface area contributed by atoms with Crippen molar-refractivity contribution in [3.8, 4) is 17.6 Å². The van der Waals surface area contributed by atoms with Crippen molar-refractivity contribution in [2.24, 2.45) is 0 Å². The molecule has 0 bridgehead atoms. The molecule has 0 atom stereocenters. The fourth-order valence-corrected chi connectivity index (χ4v) is 2.28. The first-order chi connectivity index (χ1) is 12.2. The molecule has 0 aliphatic rings. The number of benzene rings is 1. The lowest BCUT2D eigenvalue weighted by Crippen LogP contribution is -2.21. The van der Waals surface area contributed by atoms with E-state index in [2.05, 4.69) is 15.3 Å². The number of amides is 1. The summed E-state index contributed by atoms with van der Waals surface area (Å²) >= 11 is 0.